The zero-order valence-corrected chi connectivity index (χ0v) is 12.4. The molecule has 102 valence electrons. The summed E-state index contributed by atoms with van der Waals surface area (Å²) in [6.07, 6.45) is 7.06. The number of nitrogens with zero attached hydrogens (tertiary/aromatic N) is 3. The summed E-state index contributed by atoms with van der Waals surface area (Å²) in [6.45, 7) is 4.51. The molecule has 1 unspecified atom stereocenters. The molecule has 1 saturated heterocycles. The highest BCUT2D eigenvalue weighted by Crippen LogP contribution is 2.43. The first-order chi connectivity index (χ1) is 9.28. The van der Waals surface area contributed by atoms with Crippen LogP contribution in [0.1, 0.15) is 60.5 Å². The molecule has 4 heteroatoms. The second-order valence-corrected chi connectivity index (χ2v) is 7.01. The third kappa shape index (κ3) is 2.98. The molecule has 1 atom stereocenters. The predicted molar refractivity (Wildman–Crippen MR) is 77.1 cm³/mol. The van der Waals surface area contributed by atoms with Gasteiger partial charge in [0, 0.05) is 16.8 Å². The van der Waals surface area contributed by atoms with Crippen molar-refractivity contribution in [3.8, 4) is 6.07 Å². The van der Waals surface area contributed by atoms with E-state index in [4.69, 9.17) is 10.2 Å². The van der Waals surface area contributed by atoms with Crippen LogP contribution in [0.2, 0.25) is 0 Å². The molecule has 0 amide bonds. The van der Waals surface area contributed by atoms with Crippen molar-refractivity contribution in [2.24, 2.45) is 0 Å². The average molecular weight is 275 g/mol. The highest BCUT2D eigenvalue weighted by Gasteiger charge is 2.30. The zero-order chi connectivity index (χ0) is 13.2. The minimum atomic E-state index is 0.541. The van der Waals surface area contributed by atoms with Gasteiger partial charge in [-0.2, -0.15) is 5.26 Å². The number of aromatic nitrogens is 1. The fourth-order valence-electron chi connectivity index (χ4n) is 2.92. The first-order valence-electron chi connectivity index (χ1n) is 7.37. The van der Waals surface area contributed by atoms with E-state index in [9.17, 15) is 0 Å². The topological polar surface area (TPSA) is 39.9 Å². The smallest absolute Gasteiger partial charge is 0.107 e. The van der Waals surface area contributed by atoms with Crippen LogP contribution in [-0.4, -0.2) is 22.5 Å². The zero-order valence-electron chi connectivity index (χ0n) is 11.6. The van der Waals surface area contributed by atoms with Crippen molar-refractivity contribution in [3.05, 3.63) is 15.6 Å². The van der Waals surface area contributed by atoms with Crippen LogP contribution in [0.3, 0.4) is 0 Å². The molecule has 0 bridgehead atoms. The Kier molecular flexibility index (Phi) is 3.86. The molecule has 2 fully saturated rings. The van der Waals surface area contributed by atoms with Gasteiger partial charge in [0.05, 0.1) is 24.7 Å². The number of piperidine rings is 1. The summed E-state index contributed by atoms with van der Waals surface area (Å²) < 4.78 is 0. The molecule has 0 N–H and O–H groups in total. The van der Waals surface area contributed by atoms with Crippen LogP contribution in [0.25, 0.3) is 0 Å². The second-order valence-electron chi connectivity index (χ2n) is 5.84. The lowest BCUT2D eigenvalue weighted by Crippen LogP contribution is -2.36. The van der Waals surface area contributed by atoms with Crippen molar-refractivity contribution in [3.63, 3.8) is 0 Å². The number of hydrogen-bond donors (Lipinski definition) is 0. The van der Waals surface area contributed by atoms with E-state index in [0.29, 0.717) is 18.4 Å². The summed E-state index contributed by atoms with van der Waals surface area (Å²) >= 11 is 1.77. The van der Waals surface area contributed by atoms with Crippen molar-refractivity contribution in [2.75, 3.05) is 6.54 Å². The largest absolute Gasteiger partial charge is 0.294 e. The summed E-state index contributed by atoms with van der Waals surface area (Å²) in [5, 5.41) is 10.2. The van der Waals surface area contributed by atoms with Gasteiger partial charge in [-0.1, -0.05) is 6.42 Å². The number of likely N-dealkylation sites (tertiary alicyclic amines) is 1. The molecule has 19 heavy (non-hydrogen) atoms. The standard InChI is InChI=1S/C15H21N3S/c1-11-4-2-3-9-18(11)10-14-17-15(12-5-6-12)13(19-14)7-8-16/h11-12H,2-7,9-10H2,1H3. The SMILES string of the molecule is CC1CCCCN1Cc1nc(C2CC2)c(CC#N)s1. The fraction of sp³-hybridized carbons (Fsp3) is 0.733. The number of nitriles is 1. The summed E-state index contributed by atoms with van der Waals surface area (Å²) in [6, 6.07) is 2.97. The third-order valence-corrected chi connectivity index (χ3v) is 5.31. The molecule has 2 aliphatic rings. The Bertz CT molecular complexity index is 484. The molecule has 0 aromatic carbocycles. The normalized spacial score (nSPS) is 24.3. The lowest BCUT2D eigenvalue weighted by atomic mass is 10.0. The molecule has 1 aromatic heterocycles. The van der Waals surface area contributed by atoms with Gasteiger partial charge in [-0.25, -0.2) is 4.98 Å². The van der Waals surface area contributed by atoms with Gasteiger partial charge in [0.25, 0.3) is 0 Å². The Hall–Kier alpha value is -0.920. The van der Waals surface area contributed by atoms with E-state index >= 15 is 0 Å². The Morgan fingerprint density at radius 2 is 2.21 bits per heavy atom. The van der Waals surface area contributed by atoms with Gasteiger partial charge in [-0.15, -0.1) is 11.3 Å². The summed E-state index contributed by atoms with van der Waals surface area (Å²) in [7, 11) is 0. The van der Waals surface area contributed by atoms with E-state index in [1.807, 2.05) is 0 Å². The van der Waals surface area contributed by atoms with Gasteiger partial charge in [0.15, 0.2) is 0 Å². The molecule has 0 radical (unpaired) electrons. The fourth-order valence-corrected chi connectivity index (χ4v) is 4.03. The maximum atomic E-state index is 8.94. The van der Waals surface area contributed by atoms with Gasteiger partial charge in [-0.05, 0) is 39.2 Å². The molecule has 3 rings (SSSR count). The lowest BCUT2D eigenvalue weighted by molar-refractivity contribution is 0.152. The van der Waals surface area contributed by atoms with Crippen LogP contribution in [0.5, 0.6) is 0 Å². The number of thiazole rings is 1. The Morgan fingerprint density at radius 1 is 1.37 bits per heavy atom. The maximum absolute atomic E-state index is 8.94. The molecule has 1 saturated carbocycles. The highest BCUT2D eigenvalue weighted by molar-refractivity contribution is 7.11. The highest BCUT2D eigenvalue weighted by atomic mass is 32.1. The van der Waals surface area contributed by atoms with E-state index in [0.717, 1.165) is 6.54 Å². The minimum Gasteiger partial charge on any atom is -0.294 e. The van der Waals surface area contributed by atoms with E-state index in [1.54, 1.807) is 11.3 Å². The molecule has 0 spiro atoms. The maximum Gasteiger partial charge on any atom is 0.107 e. The van der Waals surface area contributed by atoms with E-state index in [-0.39, 0.29) is 0 Å². The summed E-state index contributed by atoms with van der Waals surface area (Å²) in [5.74, 6) is 0.659. The predicted octanol–water partition coefficient (Wildman–Crippen LogP) is 3.46. The van der Waals surface area contributed by atoms with E-state index in [2.05, 4.69) is 17.9 Å². The number of rotatable bonds is 4. The molecule has 1 aromatic rings. The third-order valence-electron chi connectivity index (χ3n) is 4.25. The van der Waals surface area contributed by atoms with E-state index < -0.39 is 0 Å². The first-order valence-corrected chi connectivity index (χ1v) is 8.19. The van der Waals surface area contributed by atoms with Crippen molar-refractivity contribution < 1.29 is 0 Å². The van der Waals surface area contributed by atoms with Crippen LogP contribution < -0.4 is 0 Å². The molecule has 3 nitrogen and oxygen atoms in total. The van der Waals surface area contributed by atoms with Gasteiger partial charge in [-0.3, -0.25) is 4.90 Å². The summed E-state index contributed by atoms with van der Waals surface area (Å²) in [5.41, 5.74) is 1.24. The lowest BCUT2D eigenvalue weighted by Gasteiger charge is -2.32. The van der Waals surface area contributed by atoms with Crippen LogP contribution in [0, 0.1) is 11.3 Å². The second kappa shape index (κ2) is 5.60. The van der Waals surface area contributed by atoms with Gasteiger partial charge in [0.1, 0.15) is 5.01 Å². The Balaban J connectivity index is 1.73. The number of hydrogen-bond acceptors (Lipinski definition) is 4. The monoisotopic (exact) mass is 275 g/mol. The van der Waals surface area contributed by atoms with Crippen LogP contribution in [-0.2, 0) is 13.0 Å². The molecular formula is C15H21N3S. The van der Waals surface area contributed by atoms with Crippen molar-refractivity contribution in [1.29, 1.82) is 5.26 Å². The molecule has 1 aliphatic heterocycles. The van der Waals surface area contributed by atoms with Gasteiger partial charge >= 0.3 is 0 Å². The van der Waals surface area contributed by atoms with Crippen LogP contribution in [0.4, 0.5) is 0 Å². The van der Waals surface area contributed by atoms with Crippen molar-refractivity contribution >= 4 is 11.3 Å². The van der Waals surface area contributed by atoms with Crippen LogP contribution >= 0.6 is 11.3 Å². The Labute approximate surface area is 119 Å². The average Bonchev–Trinajstić information content (AvgIpc) is 3.17. The molecule has 1 aliphatic carbocycles. The van der Waals surface area contributed by atoms with Crippen LogP contribution in [0.15, 0.2) is 0 Å². The Morgan fingerprint density at radius 3 is 2.89 bits per heavy atom. The first kappa shape index (κ1) is 13.1. The van der Waals surface area contributed by atoms with Gasteiger partial charge < -0.3 is 0 Å². The van der Waals surface area contributed by atoms with Crippen molar-refractivity contribution in [1.82, 2.24) is 9.88 Å². The quantitative estimate of drug-likeness (QED) is 0.845. The van der Waals surface area contributed by atoms with Crippen molar-refractivity contribution in [2.45, 2.75) is 64.0 Å². The van der Waals surface area contributed by atoms with Gasteiger partial charge in [0.2, 0.25) is 0 Å². The minimum absolute atomic E-state index is 0.541. The molecule has 2 heterocycles. The molecular weight excluding hydrogens is 254 g/mol. The van der Waals surface area contributed by atoms with E-state index in [1.165, 1.54) is 54.2 Å². The summed E-state index contributed by atoms with van der Waals surface area (Å²) in [4.78, 5) is 8.62.